The molecule has 3 N–H and O–H groups in total. The van der Waals surface area contributed by atoms with Crippen LogP contribution in [0.2, 0.25) is 5.02 Å². The van der Waals surface area contributed by atoms with Crippen LogP contribution in [0.4, 0.5) is 10.7 Å². The molecule has 0 atom stereocenters. The maximum Gasteiger partial charge on any atom is 0.341 e. The van der Waals surface area contributed by atoms with Crippen molar-refractivity contribution in [2.75, 3.05) is 24.3 Å². The Kier molecular flexibility index (Phi) is 6.76. The number of halogens is 1. The lowest BCUT2D eigenvalue weighted by Gasteiger charge is -2.09. The van der Waals surface area contributed by atoms with Crippen molar-refractivity contribution in [3.05, 3.63) is 58.1 Å². The van der Waals surface area contributed by atoms with Crippen molar-refractivity contribution in [2.24, 2.45) is 0 Å². The Balaban J connectivity index is 1.71. The molecular formula is C20H17ClN2O6S. The number of carbonyl (C=O) groups is 3. The Hall–Kier alpha value is -3.30. The van der Waals surface area contributed by atoms with Gasteiger partial charge in [-0.15, -0.1) is 11.3 Å². The molecule has 3 rings (SSSR count). The van der Waals surface area contributed by atoms with E-state index in [4.69, 9.17) is 31.2 Å². The lowest BCUT2D eigenvalue weighted by atomic mass is 10.1. The largest absolute Gasteiger partial charge is 0.464 e. The van der Waals surface area contributed by atoms with Gasteiger partial charge in [0, 0.05) is 10.9 Å². The second-order valence-electron chi connectivity index (χ2n) is 5.91. The van der Waals surface area contributed by atoms with Crippen molar-refractivity contribution < 1.29 is 28.3 Å². The Labute approximate surface area is 180 Å². The van der Waals surface area contributed by atoms with Crippen LogP contribution >= 0.6 is 22.9 Å². The van der Waals surface area contributed by atoms with E-state index >= 15 is 0 Å². The molecule has 0 fully saturated rings. The van der Waals surface area contributed by atoms with Gasteiger partial charge in [0.25, 0.3) is 5.91 Å². The fourth-order valence-electron chi connectivity index (χ4n) is 2.52. The molecule has 2 aromatic heterocycles. The van der Waals surface area contributed by atoms with Crippen molar-refractivity contribution >= 4 is 51.5 Å². The van der Waals surface area contributed by atoms with Gasteiger partial charge in [-0.2, -0.15) is 0 Å². The van der Waals surface area contributed by atoms with Crippen molar-refractivity contribution in [1.82, 2.24) is 0 Å². The van der Waals surface area contributed by atoms with Gasteiger partial charge in [0.2, 0.25) is 0 Å². The summed E-state index contributed by atoms with van der Waals surface area (Å²) in [7, 11) is 0. The van der Waals surface area contributed by atoms with E-state index in [0.717, 1.165) is 11.3 Å². The number of carbonyl (C=O) groups excluding carboxylic acids is 3. The first kappa shape index (κ1) is 21.4. The van der Waals surface area contributed by atoms with Gasteiger partial charge >= 0.3 is 11.9 Å². The summed E-state index contributed by atoms with van der Waals surface area (Å²) in [5.74, 6) is -1.50. The minimum absolute atomic E-state index is 0.160. The fourth-order valence-corrected chi connectivity index (χ4v) is 3.59. The number of furan rings is 1. The highest BCUT2D eigenvalue weighted by atomic mass is 35.5. The fraction of sp³-hybridized carbons (Fsp3) is 0.150. The summed E-state index contributed by atoms with van der Waals surface area (Å²) in [5.41, 5.74) is 6.70. The van der Waals surface area contributed by atoms with Gasteiger partial charge < -0.3 is 24.9 Å². The lowest BCUT2D eigenvalue weighted by molar-refractivity contribution is -0.119. The summed E-state index contributed by atoms with van der Waals surface area (Å²) in [4.78, 5) is 36.8. The topological polar surface area (TPSA) is 121 Å². The molecule has 10 heteroatoms. The number of nitrogens with two attached hydrogens (primary N) is 1. The van der Waals surface area contributed by atoms with Gasteiger partial charge in [-0.05, 0) is 37.3 Å². The molecule has 0 saturated heterocycles. The third-order valence-corrected chi connectivity index (χ3v) is 5.12. The van der Waals surface area contributed by atoms with E-state index in [1.807, 2.05) is 0 Å². The molecule has 0 spiro atoms. The number of esters is 2. The van der Waals surface area contributed by atoms with E-state index < -0.39 is 24.5 Å². The van der Waals surface area contributed by atoms with E-state index in [0.29, 0.717) is 16.3 Å². The number of benzene rings is 1. The molecule has 0 radical (unpaired) electrons. The molecule has 0 aliphatic carbocycles. The predicted molar refractivity (Wildman–Crippen MR) is 113 cm³/mol. The van der Waals surface area contributed by atoms with E-state index in [9.17, 15) is 14.4 Å². The van der Waals surface area contributed by atoms with Gasteiger partial charge in [-0.1, -0.05) is 11.6 Å². The number of rotatable bonds is 7. The second kappa shape index (κ2) is 9.47. The minimum atomic E-state index is -0.735. The van der Waals surface area contributed by atoms with Crippen LogP contribution in [-0.2, 0) is 14.3 Å². The smallest absolute Gasteiger partial charge is 0.341 e. The highest BCUT2D eigenvalue weighted by Crippen LogP contribution is 2.36. The number of anilines is 2. The van der Waals surface area contributed by atoms with Crippen molar-refractivity contribution in [3.63, 3.8) is 0 Å². The molecule has 156 valence electrons. The first-order valence-electron chi connectivity index (χ1n) is 8.75. The second-order valence-corrected chi connectivity index (χ2v) is 7.20. The monoisotopic (exact) mass is 448 g/mol. The SMILES string of the molecule is CCOC(=O)c1c(-c2ccco2)csc1NC(=O)COC(=O)c1ccc(Cl)c(N)c1. The minimum Gasteiger partial charge on any atom is -0.464 e. The molecule has 0 bridgehead atoms. The molecule has 3 aromatic rings. The Morgan fingerprint density at radius 2 is 2.00 bits per heavy atom. The van der Waals surface area contributed by atoms with Crippen LogP contribution < -0.4 is 11.1 Å². The molecule has 0 aliphatic heterocycles. The van der Waals surface area contributed by atoms with Gasteiger partial charge in [0.05, 0.1) is 29.1 Å². The highest BCUT2D eigenvalue weighted by Gasteiger charge is 2.24. The number of ether oxygens (including phenoxy) is 2. The molecule has 8 nitrogen and oxygen atoms in total. The number of hydrogen-bond acceptors (Lipinski definition) is 8. The first-order chi connectivity index (χ1) is 14.4. The van der Waals surface area contributed by atoms with Gasteiger partial charge in [0.1, 0.15) is 16.3 Å². The van der Waals surface area contributed by atoms with E-state index in [1.165, 1.54) is 24.5 Å². The molecule has 30 heavy (non-hydrogen) atoms. The molecule has 1 amide bonds. The zero-order valence-corrected chi connectivity index (χ0v) is 17.3. The van der Waals surface area contributed by atoms with Gasteiger partial charge in [0.15, 0.2) is 6.61 Å². The summed E-state index contributed by atoms with van der Waals surface area (Å²) in [5, 5.41) is 4.81. The number of amides is 1. The Morgan fingerprint density at radius 3 is 2.67 bits per heavy atom. The maximum absolute atomic E-state index is 12.4. The average Bonchev–Trinajstić information content (AvgIpc) is 3.38. The van der Waals surface area contributed by atoms with Crippen LogP contribution in [0.1, 0.15) is 27.6 Å². The third-order valence-electron chi connectivity index (χ3n) is 3.88. The van der Waals surface area contributed by atoms with Crippen molar-refractivity contribution in [3.8, 4) is 11.3 Å². The first-order valence-corrected chi connectivity index (χ1v) is 10.0. The summed E-state index contributed by atoms with van der Waals surface area (Å²) in [6, 6.07) is 7.63. The van der Waals surface area contributed by atoms with Crippen LogP contribution in [-0.4, -0.2) is 31.1 Å². The number of hydrogen-bond donors (Lipinski definition) is 2. The number of nitrogens with one attached hydrogen (secondary N) is 1. The standard InChI is InChI=1S/C20H17ClN2O6S/c1-2-27-20(26)17-12(15-4-3-7-28-15)10-30-18(17)23-16(24)9-29-19(25)11-5-6-13(21)14(22)8-11/h3-8,10H,2,9,22H2,1H3,(H,23,24). The molecule has 1 aromatic carbocycles. The van der Waals surface area contributed by atoms with Gasteiger partial charge in [-0.3, -0.25) is 4.79 Å². The molecule has 2 heterocycles. The van der Waals surface area contributed by atoms with Crippen molar-refractivity contribution in [2.45, 2.75) is 6.92 Å². The molecule has 0 unspecified atom stereocenters. The third kappa shape index (κ3) is 4.81. The summed E-state index contributed by atoms with van der Waals surface area (Å²) < 4.78 is 15.4. The predicted octanol–water partition coefficient (Wildman–Crippen LogP) is 4.22. The van der Waals surface area contributed by atoms with Crippen LogP contribution in [0.25, 0.3) is 11.3 Å². The molecular weight excluding hydrogens is 432 g/mol. The summed E-state index contributed by atoms with van der Waals surface area (Å²) in [6.07, 6.45) is 1.48. The molecule has 0 saturated carbocycles. The lowest BCUT2D eigenvalue weighted by Crippen LogP contribution is -2.21. The van der Waals surface area contributed by atoms with Crippen LogP contribution in [0.3, 0.4) is 0 Å². The normalized spacial score (nSPS) is 10.5. The average molecular weight is 449 g/mol. The van der Waals surface area contributed by atoms with Gasteiger partial charge in [-0.25, -0.2) is 9.59 Å². The van der Waals surface area contributed by atoms with E-state index in [-0.39, 0.29) is 28.4 Å². The van der Waals surface area contributed by atoms with E-state index in [2.05, 4.69) is 5.32 Å². The summed E-state index contributed by atoms with van der Waals surface area (Å²) in [6.45, 7) is 1.29. The maximum atomic E-state index is 12.4. The zero-order chi connectivity index (χ0) is 21.7. The number of nitrogen functional groups attached to an aromatic ring is 1. The van der Waals surface area contributed by atoms with E-state index in [1.54, 1.807) is 24.4 Å². The zero-order valence-electron chi connectivity index (χ0n) is 15.8. The summed E-state index contributed by atoms with van der Waals surface area (Å²) >= 11 is 6.95. The molecule has 0 aliphatic rings. The number of thiophene rings is 1. The Morgan fingerprint density at radius 1 is 1.20 bits per heavy atom. The van der Waals surface area contributed by atoms with Crippen LogP contribution in [0.5, 0.6) is 0 Å². The Bertz CT molecular complexity index is 1080. The quantitative estimate of drug-likeness (QED) is 0.410. The van der Waals surface area contributed by atoms with Crippen molar-refractivity contribution in [1.29, 1.82) is 0 Å². The highest BCUT2D eigenvalue weighted by molar-refractivity contribution is 7.15. The van der Waals surface area contributed by atoms with Crippen LogP contribution in [0, 0.1) is 0 Å². The van der Waals surface area contributed by atoms with Crippen LogP contribution in [0.15, 0.2) is 46.4 Å².